The van der Waals surface area contributed by atoms with Crippen molar-refractivity contribution in [3.8, 4) is 0 Å². The zero-order valence-electron chi connectivity index (χ0n) is 22.3. The number of likely N-dealkylation sites (N-methyl/N-ethyl adjacent to an activating group) is 2. The quantitative estimate of drug-likeness (QED) is 0.548. The molecule has 1 atom stereocenters. The number of amides is 1. The number of aromatic nitrogens is 2. The Balaban J connectivity index is 1.51. The highest BCUT2D eigenvalue weighted by Crippen LogP contribution is 2.32. The Morgan fingerprint density at radius 2 is 1.89 bits per heavy atom. The van der Waals surface area contributed by atoms with Gasteiger partial charge in [-0.2, -0.15) is 5.10 Å². The van der Waals surface area contributed by atoms with Gasteiger partial charge in [0.15, 0.2) is 6.23 Å². The number of carbonyl (C=O) groups is 1. The van der Waals surface area contributed by atoms with E-state index in [1.54, 1.807) is 11.9 Å². The number of fused-ring (bicyclic) bond motifs is 1. The predicted octanol–water partition coefficient (Wildman–Crippen LogP) is 5.02. The Hall–Kier alpha value is -2.32. The molecular weight excluding hydrogens is 442 g/mol. The van der Waals surface area contributed by atoms with Crippen molar-refractivity contribution < 1.29 is 14.3 Å². The van der Waals surface area contributed by atoms with Crippen molar-refractivity contribution in [2.75, 3.05) is 51.8 Å². The smallest absolute Gasteiger partial charge is 0.410 e. The molecule has 4 rings (SSSR count). The first-order valence-electron chi connectivity index (χ1n) is 13.2. The fourth-order valence-electron chi connectivity index (χ4n) is 4.88. The molecule has 1 aromatic carbocycles. The van der Waals surface area contributed by atoms with Crippen LogP contribution >= 0.6 is 0 Å². The molecule has 0 aliphatic carbocycles. The fraction of sp³-hybridized carbons (Fsp3) is 0.704. The molecule has 2 saturated heterocycles. The number of nitrogens with zero attached hydrogens (tertiary/aromatic N) is 5. The largest absolute Gasteiger partial charge is 0.444 e. The van der Waals surface area contributed by atoms with Crippen LogP contribution < -0.4 is 4.90 Å². The third kappa shape index (κ3) is 6.67. The lowest BCUT2D eigenvalue weighted by atomic mass is 10.1. The normalized spacial score (nSPS) is 19.4. The molecule has 0 bridgehead atoms. The first kappa shape index (κ1) is 25.8. The van der Waals surface area contributed by atoms with Crippen LogP contribution in [0.4, 0.5) is 10.5 Å². The second-order valence-corrected chi connectivity index (χ2v) is 11.1. The van der Waals surface area contributed by atoms with Crippen LogP contribution in [0.3, 0.4) is 0 Å². The van der Waals surface area contributed by atoms with Crippen LogP contribution in [0, 0.1) is 0 Å². The minimum Gasteiger partial charge on any atom is -0.444 e. The Morgan fingerprint density at radius 1 is 1.11 bits per heavy atom. The second kappa shape index (κ2) is 11.2. The molecule has 8 heteroatoms. The van der Waals surface area contributed by atoms with Gasteiger partial charge in [0.05, 0.1) is 11.2 Å². The monoisotopic (exact) mass is 485 g/mol. The summed E-state index contributed by atoms with van der Waals surface area (Å²) in [7, 11) is 3.87. The Kier molecular flexibility index (Phi) is 8.22. The van der Waals surface area contributed by atoms with Crippen molar-refractivity contribution in [2.45, 2.75) is 77.7 Å². The highest BCUT2D eigenvalue weighted by molar-refractivity contribution is 5.86. The molecule has 0 spiro atoms. The van der Waals surface area contributed by atoms with Gasteiger partial charge < -0.3 is 19.3 Å². The zero-order valence-corrected chi connectivity index (χ0v) is 22.3. The predicted molar refractivity (Wildman–Crippen MR) is 140 cm³/mol. The number of benzene rings is 1. The molecule has 2 aliphatic rings. The Labute approximate surface area is 210 Å². The lowest BCUT2D eigenvalue weighted by Crippen LogP contribution is -2.38. The summed E-state index contributed by atoms with van der Waals surface area (Å²) >= 11 is 0. The summed E-state index contributed by atoms with van der Waals surface area (Å²) in [6.45, 7) is 10.7. The molecule has 194 valence electrons. The molecule has 3 heterocycles. The van der Waals surface area contributed by atoms with E-state index >= 15 is 0 Å². The van der Waals surface area contributed by atoms with E-state index in [0.29, 0.717) is 13.1 Å². The van der Waals surface area contributed by atoms with Gasteiger partial charge in [-0.05, 0) is 84.5 Å². The minimum absolute atomic E-state index is 0.00412. The minimum atomic E-state index is -0.490. The van der Waals surface area contributed by atoms with E-state index in [9.17, 15) is 4.79 Å². The SMILES string of the molecule is CN(CCN(C)C(=O)OC(C)(C)C)Cc1nn(C2CCCCO2)c2ccc(N3CCCCC3)cc12. The molecular formula is C27H43N5O3. The van der Waals surface area contributed by atoms with Crippen LogP contribution in [0.2, 0.25) is 0 Å². The van der Waals surface area contributed by atoms with Crippen LogP contribution in [0.1, 0.15) is 71.2 Å². The maximum Gasteiger partial charge on any atom is 0.410 e. The third-order valence-electron chi connectivity index (χ3n) is 6.86. The summed E-state index contributed by atoms with van der Waals surface area (Å²) in [6, 6.07) is 6.80. The van der Waals surface area contributed by atoms with Crippen molar-refractivity contribution in [3.05, 3.63) is 23.9 Å². The average molecular weight is 486 g/mol. The molecule has 0 saturated carbocycles. The van der Waals surface area contributed by atoms with Gasteiger partial charge in [0.2, 0.25) is 0 Å². The number of anilines is 1. The molecule has 1 unspecified atom stereocenters. The first-order valence-corrected chi connectivity index (χ1v) is 13.2. The maximum absolute atomic E-state index is 12.3. The van der Waals surface area contributed by atoms with E-state index in [1.165, 1.54) is 36.8 Å². The molecule has 1 amide bonds. The third-order valence-corrected chi connectivity index (χ3v) is 6.86. The molecule has 1 aromatic heterocycles. The van der Waals surface area contributed by atoms with Crippen molar-refractivity contribution in [2.24, 2.45) is 0 Å². The van der Waals surface area contributed by atoms with Crippen LogP contribution in [-0.2, 0) is 16.0 Å². The van der Waals surface area contributed by atoms with E-state index in [0.717, 1.165) is 50.3 Å². The molecule has 2 aromatic rings. The number of hydrogen-bond donors (Lipinski definition) is 0. The fourth-order valence-corrected chi connectivity index (χ4v) is 4.88. The highest BCUT2D eigenvalue weighted by atomic mass is 16.6. The molecule has 2 aliphatic heterocycles. The van der Waals surface area contributed by atoms with Crippen LogP contribution in [-0.4, -0.2) is 78.2 Å². The summed E-state index contributed by atoms with van der Waals surface area (Å²) in [5.74, 6) is 0. The number of carbonyl (C=O) groups excluding carboxylic acids is 1. The van der Waals surface area contributed by atoms with Crippen molar-refractivity contribution in [1.29, 1.82) is 0 Å². The lowest BCUT2D eigenvalue weighted by molar-refractivity contribution is -0.0370. The van der Waals surface area contributed by atoms with Crippen LogP contribution in [0.5, 0.6) is 0 Å². The van der Waals surface area contributed by atoms with Gasteiger partial charge in [-0.15, -0.1) is 0 Å². The Morgan fingerprint density at radius 3 is 2.57 bits per heavy atom. The summed E-state index contributed by atoms with van der Waals surface area (Å²) in [4.78, 5) is 18.7. The average Bonchev–Trinajstić information content (AvgIpc) is 3.20. The summed E-state index contributed by atoms with van der Waals surface area (Å²) < 4.78 is 13.7. The summed E-state index contributed by atoms with van der Waals surface area (Å²) in [5.41, 5.74) is 3.01. The zero-order chi connectivity index (χ0) is 25.0. The van der Waals surface area contributed by atoms with Gasteiger partial charge in [0.1, 0.15) is 5.60 Å². The standard InChI is InChI=1S/C27H43N5O3/c1-27(2,3)35-26(33)30(5)17-16-29(4)20-23-22-19-21(31-14-8-6-9-15-31)12-13-24(22)32(28-23)25-11-7-10-18-34-25/h12-13,19,25H,6-11,14-18,20H2,1-5H3. The van der Waals surface area contributed by atoms with E-state index in [4.69, 9.17) is 14.6 Å². The van der Waals surface area contributed by atoms with Crippen molar-refractivity contribution >= 4 is 22.7 Å². The van der Waals surface area contributed by atoms with Crippen molar-refractivity contribution in [1.82, 2.24) is 19.6 Å². The molecule has 0 radical (unpaired) electrons. The van der Waals surface area contributed by atoms with E-state index in [-0.39, 0.29) is 12.3 Å². The highest BCUT2D eigenvalue weighted by Gasteiger charge is 2.23. The summed E-state index contributed by atoms with van der Waals surface area (Å²) in [5, 5.41) is 6.28. The number of ether oxygens (including phenoxy) is 2. The van der Waals surface area contributed by atoms with Crippen LogP contribution in [0.15, 0.2) is 18.2 Å². The van der Waals surface area contributed by atoms with Gasteiger partial charge in [0, 0.05) is 57.5 Å². The molecule has 2 fully saturated rings. The van der Waals surface area contributed by atoms with Gasteiger partial charge in [-0.3, -0.25) is 4.90 Å². The lowest BCUT2D eigenvalue weighted by Gasteiger charge is -2.29. The van der Waals surface area contributed by atoms with E-state index in [1.807, 2.05) is 20.8 Å². The molecule has 35 heavy (non-hydrogen) atoms. The second-order valence-electron chi connectivity index (χ2n) is 11.1. The first-order chi connectivity index (χ1) is 16.7. The van der Waals surface area contributed by atoms with E-state index < -0.39 is 5.60 Å². The van der Waals surface area contributed by atoms with Crippen LogP contribution in [0.25, 0.3) is 10.9 Å². The van der Waals surface area contributed by atoms with E-state index in [2.05, 4.69) is 39.7 Å². The van der Waals surface area contributed by atoms with Gasteiger partial charge >= 0.3 is 6.09 Å². The van der Waals surface area contributed by atoms with Gasteiger partial charge in [-0.25, -0.2) is 9.48 Å². The van der Waals surface area contributed by atoms with Gasteiger partial charge in [0.25, 0.3) is 0 Å². The topological polar surface area (TPSA) is 63.1 Å². The van der Waals surface area contributed by atoms with Crippen molar-refractivity contribution in [3.63, 3.8) is 0 Å². The summed E-state index contributed by atoms with van der Waals surface area (Å²) in [6.07, 6.45) is 6.84. The number of hydrogen-bond acceptors (Lipinski definition) is 6. The maximum atomic E-state index is 12.3. The number of rotatable bonds is 7. The Bertz CT molecular complexity index is 987. The molecule has 0 N–H and O–H groups in total. The number of piperidine rings is 1. The van der Waals surface area contributed by atoms with Gasteiger partial charge in [-0.1, -0.05) is 0 Å². The molecule has 8 nitrogen and oxygen atoms in total.